The molecule has 20 heavy (non-hydrogen) atoms. The molecule has 98 valence electrons. The van der Waals surface area contributed by atoms with Gasteiger partial charge in [-0.05, 0) is 37.3 Å². The highest BCUT2D eigenvalue weighted by molar-refractivity contribution is 5.94. The number of hydrogen-bond acceptors (Lipinski definition) is 3. The van der Waals surface area contributed by atoms with Crippen LogP contribution in [0.1, 0.15) is 17.3 Å². The number of azo groups is 1. The number of ketones is 1. The molecular formula is C16H13N3O. The molecule has 0 amide bonds. The van der Waals surface area contributed by atoms with Crippen LogP contribution in [-0.4, -0.2) is 10.8 Å². The predicted molar refractivity (Wildman–Crippen MR) is 78.9 cm³/mol. The van der Waals surface area contributed by atoms with E-state index in [9.17, 15) is 4.79 Å². The van der Waals surface area contributed by atoms with Crippen molar-refractivity contribution >= 4 is 28.1 Å². The minimum atomic E-state index is 0.0464. The number of fused-ring (bicyclic) bond motifs is 1. The summed E-state index contributed by atoms with van der Waals surface area (Å²) >= 11 is 0. The maximum atomic E-state index is 11.2. The maximum absolute atomic E-state index is 11.2. The molecule has 0 unspecified atom stereocenters. The Labute approximate surface area is 116 Å². The normalized spacial score (nSPS) is 11.2. The van der Waals surface area contributed by atoms with E-state index < -0.39 is 0 Å². The second kappa shape index (κ2) is 5.09. The van der Waals surface area contributed by atoms with Gasteiger partial charge in [-0.2, -0.15) is 5.11 Å². The Balaban J connectivity index is 1.88. The Morgan fingerprint density at radius 1 is 1.00 bits per heavy atom. The number of H-pyrrole nitrogens is 1. The molecule has 1 aromatic heterocycles. The van der Waals surface area contributed by atoms with Crippen LogP contribution in [0.5, 0.6) is 0 Å². The zero-order valence-electron chi connectivity index (χ0n) is 11.0. The van der Waals surface area contributed by atoms with E-state index in [1.807, 2.05) is 30.5 Å². The van der Waals surface area contributed by atoms with Crippen LogP contribution in [0.4, 0.5) is 11.4 Å². The quantitative estimate of drug-likeness (QED) is 0.536. The van der Waals surface area contributed by atoms with Crippen molar-refractivity contribution in [1.29, 1.82) is 0 Å². The highest BCUT2D eigenvalue weighted by Gasteiger charge is 2.01. The van der Waals surface area contributed by atoms with Gasteiger partial charge in [-0.15, -0.1) is 5.11 Å². The van der Waals surface area contributed by atoms with E-state index in [2.05, 4.69) is 15.2 Å². The number of rotatable bonds is 3. The monoisotopic (exact) mass is 263 g/mol. The summed E-state index contributed by atoms with van der Waals surface area (Å²) in [5.74, 6) is 0.0464. The minimum Gasteiger partial charge on any atom is -0.359 e. The summed E-state index contributed by atoms with van der Waals surface area (Å²) in [7, 11) is 0. The molecule has 0 saturated heterocycles. The first-order valence-corrected chi connectivity index (χ1v) is 6.33. The average molecular weight is 263 g/mol. The molecule has 0 fully saturated rings. The number of hydrogen-bond donors (Lipinski definition) is 1. The van der Waals surface area contributed by atoms with Gasteiger partial charge in [-0.3, -0.25) is 4.79 Å². The number of carbonyl (C=O) groups is 1. The molecule has 2 aromatic carbocycles. The molecule has 0 spiro atoms. The number of aromatic nitrogens is 1. The lowest BCUT2D eigenvalue weighted by molar-refractivity contribution is 0.101. The van der Waals surface area contributed by atoms with Crippen molar-refractivity contribution < 1.29 is 4.79 Å². The SMILES string of the molecule is CC(=O)c1ccc(N=Nc2c[nH]c3ccccc23)cc1. The van der Waals surface area contributed by atoms with E-state index in [1.165, 1.54) is 0 Å². The topological polar surface area (TPSA) is 57.6 Å². The van der Waals surface area contributed by atoms with Crippen LogP contribution in [-0.2, 0) is 0 Å². The standard InChI is InChI=1S/C16H13N3O/c1-11(20)12-6-8-13(9-7-12)18-19-16-10-17-15-5-3-2-4-14(15)16/h2-10,17H,1H3. The Bertz CT molecular complexity index is 785. The first-order valence-electron chi connectivity index (χ1n) is 6.33. The fourth-order valence-electron chi connectivity index (χ4n) is 2.01. The number of carbonyl (C=O) groups excluding carboxylic acids is 1. The van der Waals surface area contributed by atoms with Crippen LogP contribution >= 0.6 is 0 Å². The lowest BCUT2D eigenvalue weighted by Crippen LogP contribution is -1.89. The molecule has 0 radical (unpaired) electrons. The van der Waals surface area contributed by atoms with Crippen LogP contribution in [0, 0.1) is 0 Å². The van der Waals surface area contributed by atoms with Crippen molar-refractivity contribution in [3.05, 3.63) is 60.3 Å². The summed E-state index contributed by atoms with van der Waals surface area (Å²) < 4.78 is 0. The Kier molecular flexibility index (Phi) is 3.13. The summed E-state index contributed by atoms with van der Waals surface area (Å²) in [4.78, 5) is 14.3. The molecule has 0 aliphatic heterocycles. The fraction of sp³-hybridized carbons (Fsp3) is 0.0625. The van der Waals surface area contributed by atoms with Gasteiger partial charge in [0, 0.05) is 22.7 Å². The molecule has 4 heteroatoms. The molecular weight excluding hydrogens is 250 g/mol. The van der Waals surface area contributed by atoms with Gasteiger partial charge < -0.3 is 4.98 Å². The molecule has 0 atom stereocenters. The number of nitrogens with zero attached hydrogens (tertiary/aromatic N) is 2. The van der Waals surface area contributed by atoms with Crippen molar-refractivity contribution in [2.75, 3.05) is 0 Å². The third kappa shape index (κ3) is 2.36. The highest BCUT2D eigenvalue weighted by atomic mass is 16.1. The molecule has 0 aliphatic carbocycles. The number of nitrogens with one attached hydrogen (secondary N) is 1. The van der Waals surface area contributed by atoms with Gasteiger partial charge >= 0.3 is 0 Å². The largest absolute Gasteiger partial charge is 0.359 e. The second-order valence-corrected chi connectivity index (χ2v) is 4.52. The Morgan fingerprint density at radius 2 is 1.75 bits per heavy atom. The van der Waals surface area contributed by atoms with Crippen LogP contribution in [0.25, 0.3) is 10.9 Å². The van der Waals surface area contributed by atoms with Crippen LogP contribution < -0.4 is 0 Å². The summed E-state index contributed by atoms with van der Waals surface area (Å²) in [5.41, 5.74) is 3.24. The van der Waals surface area contributed by atoms with Gasteiger partial charge in [0.05, 0.1) is 5.69 Å². The van der Waals surface area contributed by atoms with E-state index >= 15 is 0 Å². The van der Waals surface area contributed by atoms with E-state index in [4.69, 9.17) is 0 Å². The van der Waals surface area contributed by atoms with Crippen molar-refractivity contribution in [3.63, 3.8) is 0 Å². The Morgan fingerprint density at radius 3 is 2.50 bits per heavy atom. The second-order valence-electron chi connectivity index (χ2n) is 4.52. The summed E-state index contributed by atoms with van der Waals surface area (Å²) in [6.45, 7) is 1.54. The summed E-state index contributed by atoms with van der Waals surface area (Å²) in [5, 5.41) is 9.48. The van der Waals surface area contributed by atoms with Crippen LogP contribution in [0.3, 0.4) is 0 Å². The number of para-hydroxylation sites is 1. The summed E-state index contributed by atoms with van der Waals surface area (Å²) in [6, 6.07) is 15.0. The Hall–Kier alpha value is -2.75. The fourth-order valence-corrected chi connectivity index (χ4v) is 2.01. The molecule has 4 nitrogen and oxygen atoms in total. The number of benzene rings is 2. The molecule has 3 aromatic rings. The molecule has 1 heterocycles. The number of Topliss-reactive ketones (excluding diaryl/α,β-unsaturated/α-hetero) is 1. The van der Waals surface area contributed by atoms with E-state index in [1.54, 1.807) is 31.2 Å². The highest BCUT2D eigenvalue weighted by Crippen LogP contribution is 2.27. The third-order valence-corrected chi connectivity index (χ3v) is 3.11. The summed E-state index contributed by atoms with van der Waals surface area (Å²) in [6.07, 6.45) is 1.83. The lowest BCUT2D eigenvalue weighted by Gasteiger charge is -1.95. The maximum Gasteiger partial charge on any atom is 0.159 e. The lowest BCUT2D eigenvalue weighted by atomic mass is 10.1. The number of aromatic amines is 1. The molecule has 0 saturated carbocycles. The minimum absolute atomic E-state index is 0.0464. The first kappa shape index (κ1) is 12.3. The van der Waals surface area contributed by atoms with Gasteiger partial charge in [-0.25, -0.2) is 0 Å². The molecule has 1 N–H and O–H groups in total. The molecule has 0 bridgehead atoms. The molecule has 0 aliphatic rings. The predicted octanol–water partition coefficient (Wildman–Crippen LogP) is 4.79. The van der Waals surface area contributed by atoms with E-state index in [0.717, 1.165) is 22.3 Å². The zero-order valence-corrected chi connectivity index (χ0v) is 11.0. The van der Waals surface area contributed by atoms with Gasteiger partial charge in [-0.1, -0.05) is 18.2 Å². The van der Waals surface area contributed by atoms with Gasteiger partial charge in [0.2, 0.25) is 0 Å². The zero-order chi connectivity index (χ0) is 13.9. The first-order chi connectivity index (χ1) is 9.74. The van der Waals surface area contributed by atoms with Crippen molar-refractivity contribution in [2.24, 2.45) is 10.2 Å². The van der Waals surface area contributed by atoms with E-state index in [0.29, 0.717) is 5.56 Å². The van der Waals surface area contributed by atoms with Crippen molar-refractivity contribution in [3.8, 4) is 0 Å². The van der Waals surface area contributed by atoms with Crippen LogP contribution in [0.15, 0.2) is 65.0 Å². The smallest absolute Gasteiger partial charge is 0.159 e. The van der Waals surface area contributed by atoms with Crippen molar-refractivity contribution in [1.82, 2.24) is 4.98 Å². The molecule has 3 rings (SSSR count). The van der Waals surface area contributed by atoms with Gasteiger partial charge in [0.15, 0.2) is 5.78 Å². The van der Waals surface area contributed by atoms with E-state index in [-0.39, 0.29) is 5.78 Å². The van der Waals surface area contributed by atoms with Crippen molar-refractivity contribution in [2.45, 2.75) is 6.92 Å². The third-order valence-electron chi connectivity index (χ3n) is 3.11. The van der Waals surface area contributed by atoms with Gasteiger partial charge in [0.1, 0.15) is 5.69 Å². The van der Waals surface area contributed by atoms with Gasteiger partial charge in [0.25, 0.3) is 0 Å². The van der Waals surface area contributed by atoms with Crippen LogP contribution in [0.2, 0.25) is 0 Å². The average Bonchev–Trinajstić information content (AvgIpc) is 2.89.